The van der Waals surface area contributed by atoms with E-state index in [1.54, 1.807) is 0 Å². The summed E-state index contributed by atoms with van der Waals surface area (Å²) in [5.74, 6) is 1.09. The topological polar surface area (TPSA) is 23.5 Å². The first-order valence-electron chi connectivity index (χ1n) is 5.52. The molecule has 0 saturated carbocycles. The lowest BCUT2D eigenvalue weighted by Crippen LogP contribution is -2.31. The highest BCUT2D eigenvalue weighted by atomic mass is 32.2. The molecule has 0 aliphatic rings. The third-order valence-corrected chi connectivity index (χ3v) is 3.67. The molecule has 1 aromatic carbocycles. The van der Waals surface area contributed by atoms with E-state index in [4.69, 9.17) is 0 Å². The monoisotopic (exact) mass is 239 g/mol. The second-order valence-electron chi connectivity index (χ2n) is 4.21. The van der Waals surface area contributed by atoms with Crippen LogP contribution < -0.4 is 4.90 Å². The predicted molar refractivity (Wildman–Crippen MR) is 73.3 cm³/mol. The SMILES string of the molecule is CSCC(C)N(C)c1ccc(C)cc1CO. The average molecular weight is 239 g/mol. The van der Waals surface area contributed by atoms with Gasteiger partial charge in [-0.15, -0.1) is 0 Å². The standard InChI is InChI=1S/C13H21NOS/c1-10-5-6-13(12(7-10)8-15)14(3)11(2)9-16-4/h5-7,11,15H,8-9H2,1-4H3. The molecule has 0 saturated heterocycles. The number of anilines is 1. The maximum absolute atomic E-state index is 9.37. The van der Waals surface area contributed by atoms with Crippen molar-refractivity contribution in [3.63, 3.8) is 0 Å². The highest BCUT2D eigenvalue weighted by Crippen LogP contribution is 2.23. The van der Waals surface area contributed by atoms with Gasteiger partial charge in [0.25, 0.3) is 0 Å². The van der Waals surface area contributed by atoms with E-state index in [1.807, 2.05) is 18.7 Å². The smallest absolute Gasteiger partial charge is 0.0702 e. The van der Waals surface area contributed by atoms with Gasteiger partial charge in [0.15, 0.2) is 0 Å². The van der Waals surface area contributed by atoms with Crippen molar-refractivity contribution in [3.8, 4) is 0 Å². The molecule has 16 heavy (non-hydrogen) atoms. The zero-order valence-electron chi connectivity index (χ0n) is 10.5. The highest BCUT2D eigenvalue weighted by Gasteiger charge is 2.12. The van der Waals surface area contributed by atoms with Gasteiger partial charge in [0.05, 0.1) is 6.61 Å². The molecule has 3 heteroatoms. The lowest BCUT2D eigenvalue weighted by atomic mass is 10.1. The number of nitrogens with zero attached hydrogens (tertiary/aromatic N) is 1. The van der Waals surface area contributed by atoms with Gasteiger partial charge in [0.1, 0.15) is 0 Å². The third-order valence-electron chi connectivity index (χ3n) is 2.85. The largest absolute Gasteiger partial charge is 0.392 e. The number of hydrogen-bond donors (Lipinski definition) is 1. The Morgan fingerprint density at radius 3 is 2.69 bits per heavy atom. The van der Waals surface area contributed by atoms with Gasteiger partial charge in [0, 0.05) is 30.1 Å². The van der Waals surface area contributed by atoms with Crippen molar-refractivity contribution < 1.29 is 5.11 Å². The van der Waals surface area contributed by atoms with Crippen LogP contribution in [0.15, 0.2) is 18.2 Å². The summed E-state index contributed by atoms with van der Waals surface area (Å²) in [6, 6.07) is 6.72. The molecule has 0 bridgehead atoms. The molecule has 0 spiro atoms. The van der Waals surface area contributed by atoms with Crippen molar-refractivity contribution in [1.82, 2.24) is 0 Å². The van der Waals surface area contributed by atoms with Crippen LogP contribution in [0.4, 0.5) is 5.69 Å². The number of hydrogen-bond acceptors (Lipinski definition) is 3. The van der Waals surface area contributed by atoms with E-state index in [0.29, 0.717) is 6.04 Å². The molecule has 1 atom stereocenters. The molecule has 1 rings (SSSR count). The number of benzene rings is 1. The fourth-order valence-corrected chi connectivity index (χ4v) is 2.48. The lowest BCUT2D eigenvalue weighted by molar-refractivity contribution is 0.282. The van der Waals surface area contributed by atoms with Crippen LogP contribution in [0.1, 0.15) is 18.1 Å². The van der Waals surface area contributed by atoms with E-state index in [9.17, 15) is 5.11 Å². The summed E-state index contributed by atoms with van der Waals surface area (Å²) in [4.78, 5) is 2.24. The summed E-state index contributed by atoms with van der Waals surface area (Å²) in [6.07, 6.45) is 2.12. The molecular formula is C13H21NOS. The van der Waals surface area contributed by atoms with Gasteiger partial charge >= 0.3 is 0 Å². The van der Waals surface area contributed by atoms with Crippen LogP contribution in [-0.2, 0) is 6.61 Å². The van der Waals surface area contributed by atoms with Crippen molar-refractivity contribution >= 4 is 17.4 Å². The number of thioether (sulfide) groups is 1. The van der Waals surface area contributed by atoms with Crippen molar-refractivity contribution in [1.29, 1.82) is 0 Å². The molecule has 0 amide bonds. The quantitative estimate of drug-likeness (QED) is 0.854. The Morgan fingerprint density at radius 2 is 2.12 bits per heavy atom. The van der Waals surface area contributed by atoms with Gasteiger partial charge in [0.2, 0.25) is 0 Å². The minimum absolute atomic E-state index is 0.105. The van der Waals surface area contributed by atoms with Gasteiger partial charge in [-0.1, -0.05) is 17.7 Å². The maximum atomic E-state index is 9.37. The normalized spacial score (nSPS) is 12.6. The summed E-state index contributed by atoms with van der Waals surface area (Å²) in [6.45, 7) is 4.36. The van der Waals surface area contributed by atoms with Crippen molar-refractivity contribution in [2.24, 2.45) is 0 Å². The fraction of sp³-hybridized carbons (Fsp3) is 0.538. The maximum Gasteiger partial charge on any atom is 0.0702 e. The molecule has 0 heterocycles. The fourth-order valence-electron chi connectivity index (χ4n) is 1.78. The third kappa shape index (κ3) is 3.16. The molecule has 90 valence electrons. The van der Waals surface area contributed by atoms with Crippen LogP contribution in [-0.4, -0.2) is 30.2 Å². The Morgan fingerprint density at radius 1 is 1.44 bits per heavy atom. The van der Waals surface area contributed by atoms with Crippen LogP contribution >= 0.6 is 11.8 Å². The van der Waals surface area contributed by atoms with E-state index in [0.717, 1.165) is 17.0 Å². The van der Waals surface area contributed by atoms with E-state index >= 15 is 0 Å². The Labute approximate surface area is 103 Å². The summed E-state index contributed by atoms with van der Waals surface area (Å²) in [5.41, 5.74) is 3.34. The second-order valence-corrected chi connectivity index (χ2v) is 5.12. The molecule has 0 aliphatic carbocycles. The molecule has 0 radical (unpaired) electrons. The summed E-state index contributed by atoms with van der Waals surface area (Å²) >= 11 is 1.85. The van der Waals surface area contributed by atoms with Gasteiger partial charge < -0.3 is 10.0 Å². The van der Waals surface area contributed by atoms with Crippen molar-refractivity contribution in [2.75, 3.05) is 24.0 Å². The van der Waals surface area contributed by atoms with E-state index in [-0.39, 0.29) is 6.61 Å². The van der Waals surface area contributed by atoms with Crippen LogP contribution in [0, 0.1) is 6.92 Å². The minimum atomic E-state index is 0.105. The zero-order chi connectivity index (χ0) is 12.1. The van der Waals surface area contributed by atoms with Crippen LogP contribution in [0.25, 0.3) is 0 Å². The number of rotatable bonds is 5. The van der Waals surface area contributed by atoms with Crippen LogP contribution in [0.3, 0.4) is 0 Å². The lowest BCUT2D eigenvalue weighted by Gasteiger charge is -2.28. The number of aliphatic hydroxyl groups excluding tert-OH is 1. The molecule has 2 nitrogen and oxygen atoms in total. The molecular weight excluding hydrogens is 218 g/mol. The molecule has 0 fully saturated rings. The molecule has 1 N–H and O–H groups in total. The van der Waals surface area contributed by atoms with E-state index in [2.05, 4.69) is 43.3 Å². The van der Waals surface area contributed by atoms with E-state index in [1.165, 1.54) is 5.56 Å². The predicted octanol–water partition coefficient (Wildman–Crippen LogP) is 2.68. The first-order chi connectivity index (χ1) is 7.60. The van der Waals surface area contributed by atoms with Crippen molar-refractivity contribution in [2.45, 2.75) is 26.5 Å². The first kappa shape index (κ1) is 13.4. The second kappa shape index (κ2) is 6.16. The number of aryl methyl sites for hydroxylation is 1. The molecule has 0 aliphatic heterocycles. The Kier molecular flexibility index (Phi) is 5.16. The number of aliphatic hydroxyl groups is 1. The summed E-state index contributed by atoms with van der Waals surface area (Å²) in [7, 11) is 2.09. The summed E-state index contributed by atoms with van der Waals surface area (Å²) in [5, 5.41) is 9.37. The highest BCUT2D eigenvalue weighted by molar-refractivity contribution is 7.98. The van der Waals surface area contributed by atoms with Gasteiger partial charge in [-0.3, -0.25) is 0 Å². The van der Waals surface area contributed by atoms with Crippen LogP contribution in [0.5, 0.6) is 0 Å². The first-order valence-corrected chi connectivity index (χ1v) is 6.91. The van der Waals surface area contributed by atoms with Crippen LogP contribution in [0.2, 0.25) is 0 Å². The molecule has 1 aromatic rings. The van der Waals surface area contributed by atoms with E-state index < -0.39 is 0 Å². The molecule has 0 aromatic heterocycles. The van der Waals surface area contributed by atoms with Gasteiger partial charge in [-0.25, -0.2) is 0 Å². The summed E-state index contributed by atoms with van der Waals surface area (Å²) < 4.78 is 0. The zero-order valence-corrected chi connectivity index (χ0v) is 11.3. The Balaban J connectivity index is 2.93. The molecule has 1 unspecified atom stereocenters. The van der Waals surface area contributed by atoms with Gasteiger partial charge in [-0.2, -0.15) is 11.8 Å². The average Bonchev–Trinajstić information content (AvgIpc) is 2.28. The minimum Gasteiger partial charge on any atom is -0.392 e. The Hall–Kier alpha value is -0.670. The Bertz CT molecular complexity index is 341. The van der Waals surface area contributed by atoms with Crippen molar-refractivity contribution in [3.05, 3.63) is 29.3 Å². The van der Waals surface area contributed by atoms with Gasteiger partial charge in [-0.05, 0) is 26.2 Å².